The molecule has 2 aromatic carbocycles. The predicted molar refractivity (Wildman–Crippen MR) is 91.0 cm³/mol. The monoisotopic (exact) mass is 313 g/mol. The number of amides is 1. The number of aryl methyl sites for hydroxylation is 2. The molecule has 122 valence electrons. The first-order valence-corrected chi connectivity index (χ1v) is 7.63. The molecule has 0 heterocycles. The summed E-state index contributed by atoms with van der Waals surface area (Å²) in [6.07, 6.45) is 0. The van der Waals surface area contributed by atoms with E-state index in [1.807, 2.05) is 13.0 Å². The molecule has 0 aliphatic heterocycles. The number of ether oxygens (including phenoxy) is 2. The van der Waals surface area contributed by atoms with Gasteiger partial charge in [-0.1, -0.05) is 18.2 Å². The average molecular weight is 313 g/mol. The van der Waals surface area contributed by atoms with Crippen LogP contribution in [0.1, 0.15) is 29.7 Å². The normalized spacial score (nSPS) is 11.7. The number of carbonyl (C=O) groups is 1. The van der Waals surface area contributed by atoms with E-state index in [0.29, 0.717) is 5.75 Å². The van der Waals surface area contributed by atoms with Crippen molar-refractivity contribution in [2.45, 2.75) is 26.8 Å². The minimum Gasteiger partial charge on any atom is -0.497 e. The summed E-state index contributed by atoms with van der Waals surface area (Å²) in [5.74, 6) is 1.25. The molecule has 0 aromatic heterocycles. The molecule has 0 aliphatic carbocycles. The van der Waals surface area contributed by atoms with Gasteiger partial charge in [-0.2, -0.15) is 0 Å². The molecule has 1 amide bonds. The Bertz CT molecular complexity index is 665. The Labute approximate surface area is 137 Å². The van der Waals surface area contributed by atoms with E-state index in [9.17, 15) is 4.79 Å². The number of benzene rings is 2. The molecule has 4 heteroatoms. The maximum atomic E-state index is 12.0. The van der Waals surface area contributed by atoms with Gasteiger partial charge in [0.05, 0.1) is 13.2 Å². The van der Waals surface area contributed by atoms with E-state index in [4.69, 9.17) is 9.47 Å². The predicted octanol–water partition coefficient (Wildman–Crippen LogP) is 3.57. The summed E-state index contributed by atoms with van der Waals surface area (Å²) in [5.41, 5.74) is 3.55. The third kappa shape index (κ3) is 4.74. The average Bonchev–Trinajstić information content (AvgIpc) is 2.55. The first-order valence-electron chi connectivity index (χ1n) is 7.63. The van der Waals surface area contributed by atoms with Crippen molar-refractivity contribution in [3.63, 3.8) is 0 Å². The minimum atomic E-state index is -0.147. The highest BCUT2D eigenvalue weighted by Gasteiger charge is 2.11. The molecule has 0 aliphatic rings. The number of nitrogens with one attached hydrogen (secondary N) is 1. The molecule has 2 rings (SSSR count). The number of hydrogen-bond acceptors (Lipinski definition) is 3. The summed E-state index contributed by atoms with van der Waals surface area (Å²) in [7, 11) is 1.61. The summed E-state index contributed by atoms with van der Waals surface area (Å²) in [5, 5.41) is 2.95. The van der Waals surface area contributed by atoms with Crippen LogP contribution in [0.15, 0.2) is 42.5 Å². The molecular formula is C19H23NO3. The van der Waals surface area contributed by atoms with Gasteiger partial charge < -0.3 is 14.8 Å². The topological polar surface area (TPSA) is 47.6 Å². The molecule has 0 spiro atoms. The number of methoxy groups -OCH3 is 1. The van der Waals surface area contributed by atoms with Gasteiger partial charge in [0.2, 0.25) is 0 Å². The standard InChI is InChI=1S/C19H23NO3/c1-13-5-6-16(11-14(13)2)15(3)20-19(21)12-23-18-9-7-17(22-4)8-10-18/h5-11,15H,12H2,1-4H3,(H,20,21). The lowest BCUT2D eigenvalue weighted by molar-refractivity contribution is -0.123. The van der Waals surface area contributed by atoms with Crippen LogP contribution in [-0.4, -0.2) is 19.6 Å². The summed E-state index contributed by atoms with van der Waals surface area (Å²) in [4.78, 5) is 12.0. The maximum absolute atomic E-state index is 12.0. The van der Waals surface area contributed by atoms with Crippen LogP contribution in [0.4, 0.5) is 0 Å². The third-order valence-electron chi connectivity index (χ3n) is 3.84. The van der Waals surface area contributed by atoms with Crippen molar-refractivity contribution in [3.05, 3.63) is 59.2 Å². The molecule has 0 fully saturated rings. The Kier molecular flexibility index (Phi) is 5.63. The van der Waals surface area contributed by atoms with Crippen LogP contribution in [0.25, 0.3) is 0 Å². The molecule has 1 N–H and O–H groups in total. The fourth-order valence-corrected chi connectivity index (χ4v) is 2.22. The molecule has 4 nitrogen and oxygen atoms in total. The molecule has 1 unspecified atom stereocenters. The Hall–Kier alpha value is -2.49. The third-order valence-corrected chi connectivity index (χ3v) is 3.84. The molecule has 0 radical (unpaired) electrons. The van der Waals surface area contributed by atoms with E-state index in [1.165, 1.54) is 11.1 Å². The highest BCUT2D eigenvalue weighted by atomic mass is 16.5. The van der Waals surface area contributed by atoms with Crippen LogP contribution in [0.3, 0.4) is 0 Å². The van der Waals surface area contributed by atoms with Crippen LogP contribution in [-0.2, 0) is 4.79 Å². The molecule has 2 aromatic rings. The van der Waals surface area contributed by atoms with Crippen molar-refractivity contribution in [3.8, 4) is 11.5 Å². The van der Waals surface area contributed by atoms with Crippen molar-refractivity contribution < 1.29 is 14.3 Å². The van der Waals surface area contributed by atoms with Crippen LogP contribution in [0, 0.1) is 13.8 Å². The van der Waals surface area contributed by atoms with Crippen LogP contribution < -0.4 is 14.8 Å². The van der Waals surface area contributed by atoms with E-state index < -0.39 is 0 Å². The zero-order valence-corrected chi connectivity index (χ0v) is 14.1. The molecular weight excluding hydrogens is 290 g/mol. The molecule has 0 saturated carbocycles. The Morgan fingerprint density at radius 2 is 1.70 bits per heavy atom. The van der Waals surface area contributed by atoms with Crippen molar-refractivity contribution in [2.75, 3.05) is 13.7 Å². The molecule has 0 saturated heterocycles. The minimum absolute atomic E-state index is 0.0124. The van der Waals surface area contributed by atoms with Gasteiger partial charge in [0.25, 0.3) is 5.91 Å². The lowest BCUT2D eigenvalue weighted by Gasteiger charge is -2.16. The smallest absolute Gasteiger partial charge is 0.258 e. The van der Waals surface area contributed by atoms with E-state index in [0.717, 1.165) is 11.3 Å². The second-order valence-corrected chi connectivity index (χ2v) is 5.60. The van der Waals surface area contributed by atoms with E-state index >= 15 is 0 Å². The molecule has 23 heavy (non-hydrogen) atoms. The van der Waals surface area contributed by atoms with Gasteiger partial charge in [-0.05, 0) is 61.7 Å². The first kappa shape index (κ1) is 16.9. The van der Waals surface area contributed by atoms with Gasteiger partial charge in [0.15, 0.2) is 6.61 Å². The van der Waals surface area contributed by atoms with E-state index in [2.05, 4.69) is 31.3 Å². The van der Waals surface area contributed by atoms with Crippen LogP contribution >= 0.6 is 0 Å². The summed E-state index contributed by atoms with van der Waals surface area (Å²) < 4.78 is 10.6. The van der Waals surface area contributed by atoms with Gasteiger partial charge >= 0.3 is 0 Å². The second-order valence-electron chi connectivity index (χ2n) is 5.60. The highest BCUT2D eigenvalue weighted by molar-refractivity contribution is 5.78. The van der Waals surface area contributed by atoms with Crippen LogP contribution in [0.5, 0.6) is 11.5 Å². The number of rotatable bonds is 6. The second kappa shape index (κ2) is 7.68. The zero-order valence-electron chi connectivity index (χ0n) is 14.1. The number of carbonyl (C=O) groups excluding carboxylic acids is 1. The van der Waals surface area contributed by atoms with Crippen molar-refractivity contribution in [2.24, 2.45) is 0 Å². The summed E-state index contributed by atoms with van der Waals surface area (Å²) in [6.45, 7) is 6.10. The van der Waals surface area contributed by atoms with Crippen molar-refractivity contribution in [1.82, 2.24) is 5.32 Å². The lowest BCUT2D eigenvalue weighted by atomic mass is 10.0. The first-order chi connectivity index (χ1) is 11.0. The van der Waals surface area contributed by atoms with Crippen LogP contribution in [0.2, 0.25) is 0 Å². The van der Waals surface area contributed by atoms with Gasteiger partial charge in [-0.15, -0.1) is 0 Å². The Morgan fingerprint density at radius 3 is 2.30 bits per heavy atom. The largest absolute Gasteiger partial charge is 0.497 e. The fraction of sp³-hybridized carbons (Fsp3) is 0.316. The van der Waals surface area contributed by atoms with Gasteiger partial charge in [0.1, 0.15) is 11.5 Å². The summed E-state index contributed by atoms with van der Waals surface area (Å²) in [6, 6.07) is 13.3. The maximum Gasteiger partial charge on any atom is 0.258 e. The lowest BCUT2D eigenvalue weighted by Crippen LogP contribution is -2.31. The van der Waals surface area contributed by atoms with E-state index in [-0.39, 0.29) is 18.6 Å². The zero-order chi connectivity index (χ0) is 16.8. The molecule has 1 atom stereocenters. The highest BCUT2D eigenvalue weighted by Crippen LogP contribution is 2.18. The van der Waals surface area contributed by atoms with Gasteiger partial charge in [-0.25, -0.2) is 0 Å². The number of hydrogen-bond donors (Lipinski definition) is 1. The van der Waals surface area contributed by atoms with Crippen molar-refractivity contribution in [1.29, 1.82) is 0 Å². The van der Waals surface area contributed by atoms with Crippen molar-refractivity contribution >= 4 is 5.91 Å². The molecule has 0 bridgehead atoms. The quantitative estimate of drug-likeness (QED) is 0.887. The Morgan fingerprint density at radius 1 is 1.04 bits per heavy atom. The van der Waals surface area contributed by atoms with E-state index in [1.54, 1.807) is 31.4 Å². The van der Waals surface area contributed by atoms with Gasteiger partial charge in [0, 0.05) is 0 Å². The fourth-order valence-electron chi connectivity index (χ4n) is 2.22. The SMILES string of the molecule is COc1ccc(OCC(=O)NC(C)c2ccc(C)c(C)c2)cc1. The van der Waals surface area contributed by atoms with Gasteiger partial charge in [-0.3, -0.25) is 4.79 Å². The Balaban J connectivity index is 1.86. The summed E-state index contributed by atoms with van der Waals surface area (Å²) >= 11 is 0.